The van der Waals surface area contributed by atoms with Crippen LogP contribution in [0.1, 0.15) is 25.3 Å². The number of imidazole rings is 1. The van der Waals surface area contributed by atoms with E-state index in [0.29, 0.717) is 17.4 Å². The van der Waals surface area contributed by atoms with Gasteiger partial charge in [0.25, 0.3) is 0 Å². The Hall–Kier alpha value is -5.32. The molecule has 0 fully saturated rings. The summed E-state index contributed by atoms with van der Waals surface area (Å²) in [5.74, 6) is 3.39. The van der Waals surface area contributed by atoms with Crippen molar-refractivity contribution in [1.82, 2.24) is 19.1 Å². The van der Waals surface area contributed by atoms with Gasteiger partial charge in [-0.1, -0.05) is 79.6 Å². The Bertz CT molecular complexity index is 2440. The van der Waals surface area contributed by atoms with Crippen LogP contribution in [0.2, 0.25) is 0 Å². The van der Waals surface area contributed by atoms with Crippen molar-refractivity contribution in [2.75, 3.05) is 4.90 Å². The van der Waals surface area contributed by atoms with Crippen LogP contribution in [-0.4, -0.2) is 19.1 Å². The van der Waals surface area contributed by atoms with Gasteiger partial charge in [0.2, 0.25) is 0 Å². The molecule has 5 aromatic carbocycles. The van der Waals surface area contributed by atoms with Gasteiger partial charge >= 0.3 is 0 Å². The molecular formula is C40H28N5OPt-3. The molecule has 0 bridgehead atoms. The van der Waals surface area contributed by atoms with Crippen LogP contribution in [0.25, 0.3) is 50.0 Å². The van der Waals surface area contributed by atoms with Gasteiger partial charge in [-0.05, 0) is 64.9 Å². The molecule has 0 aliphatic carbocycles. The molecule has 0 saturated carbocycles. The Morgan fingerprint density at radius 2 is 1.53 bits per heavy atom. The predicted molar refractivity (Wildman–Crippen MR) is 184 cm³/mol. The summed E-state index contributed by atoms with van der Waals surface area (Å²) in [6, 6.07) is 46.3. The van der Waals surface area contributed by atoms with Gasteiger partial charge < -0.3 is 23.8 Å². The van der Waals surface area contributed by atoms with Gasteiger partial charge in [0.05, 0.1) is 0 Å². The zero-order chi connectivity index (χ0) is 30.8. The average molecular weight is 790 g/mol. The van der Waals surface area contributed by atoms with Crippen molar-refractivity contribution in [3.8, 4) is 28.7 Å². The van der Waals surface area contributed by atoms with E-state index >= 15 is 0 Å². The first-order valence-electron chi connectivity index (χ1n) is 15.4. The maximum atomic E-state index is 6.47. The third-order valence-corrected chi connectivity index (χ3v) is 8.69. The molecule has 1 aliphatic rings. The van der Waals surface area contributed by atoms with Crippen LogP contribution in [0.3, 0.4) is 0 Å². The second-order valence-electron chi connectivity index (χ2n) is 11.8. The Morgan fingerprint density at radius 3 is 2.43 bits per heavy atom. The summed E-state index contributed by atoms with van der Waals surface area (Å²) < 4.78 is 10.8. The third kappa shape index (κ3) is 4.79. The maximum absolute atomic E-state index is 6.47. The van der Waals surface area contributed by atoms with Crippen molar-refractivity contribution in [2.24, 2.45) is 0 Å². The minimum atomic E-state index is 0. The van der Waals surface area contributed by atoms with Crippen LogP contribution in [0, 0.1) is 18.8 Å². The molecule has 4 heterocycles. The Labute approximate surface area is 287 Å². The summed E-state index contributed by atoms with van der Waals surface area (Å²) in [5.41, 5.74) is 8.20. The van der Waals surface area contributed by atoms with E-state index < -0.39 is 0 Å². The van der Waals surface area contributed by atoms with E-state index in [0.717, 1.165) is 61.4 Å². The molecule has 0 spiro atoms. The van der Waals surface area contributed by atoms with Crippen LogP contribution < -0.4 is 9.64 Å². The van der Waals surface area contributed by atoms with E-state index in [4.69, 9.17) is 14.7 Å². The van der Waals surface area contributed by atoms with Crippen molar-refractivity contribution >= 4 is 44.2 Å². The smallest absolute Gasteiger partial charge is 0.135 e. The van der Waals surface area contributed by atoms with Gasteiger partial charge in [-0.25, -0.2) is 4.98 Å². The predicted octanol–water partition coefficient (Wildman–Crippen LogP) is 9.83. The molecule has 0 atom stereocenters. The molecule has 0 radical (unpaired) electrons. The monoisotopic (exact) mass is 789 g/mol. The largest absolute Gasteiger partial charge is 0.509 e. The van der Waals surface area contributed by atoms with Crippen molar-refractivity contribution in [1.29, 1.82) is 0 Å². The first-order valence-corrected chi connectivity index (χ1v) is 15.4. The maximum Gasteiger partial charge on any atom is 0.135 e. The van der Waals surface area contributed by atoms with Crippen molar-refractivity contribution in [3.63, 3.8) is 0 Å². The van der Waals surface area contributed by atoms with Gasteiger partial charge in [-0.3, -0.25) is 0 Å². The molecule has 7 heteroatoms. The van der Waals surface area contributed by atoms with Crippen LogP contribution >= 0.6 is 0 Å². The molecule has 0 saturated heterocycles. The number of fused-ring (bicyclic) bond motifs is 8. The number of anilines is 2. The normalized spacial score (nSPS) is 12.2. The summed E-state index contributed by atoms with van der Waals surface area (Å²) in [7, 11) is 0. The zero-order valence-corrected chi connectivity index (χ0v) is 27.9. The van der Waals surface area contributed by atoms with E-state index in [2.05, 4.69) is 113 Å². The summed E-state index contributed by atoms with van der Waals surface area (Å²) >= 11 is 0. The average Bonchev–Trinajstić information content (AvgIpc) is 3.64. The Kier molecular flexibility index (Phi) is 7.11. The number of benzene rings is 5. The molecule has 6 nitrogen and oxygen atoms in total. The SMILES string of the molecule is CC(C)c1ccnc(-n2c3[c-]c(Oc4[c-]c(N5[CH-]n6c(nc7ccccc76)-c6ccccc65)ccc4)ccc3c3ccccc32)c1.[Pt]. The van der Waals surface area contributed by atoms with Crippen LogP contribution in [0.4, 0.5) is 11.4 Å². The van der Waals surface area contributed by atoms with Crippen LogP contribution in [0.15, 0.2) is 121 Å². The first-order chi connectivity index (χ1) is 22.6. The number of para-hydroxylation sites is 4. The van der Waals surface area contributed by atoms with E-state index in [9.17, 15) is 0 Å². The summed E-state index contributed by atoms with van der Waals surface area (Å²) in [4.78, 5) is 11.9. The zero-order valence-electron chi connectivity index (χ0n) is 25.7. The quantitative estimate of drug-likeness (QED) is 0.163. The summed E-state index contributed by atoms with van der Waals surface area (Å²) in [5, 5.41) is 2.25. The fourth-order valence-corrected chi connectivity index (χ4v) is 6.44. The molecule has 47 heavy (non-hydrogen) atoms. The van der Waals surface area contributed by atoms with Crippen LogP contribution in [0.5, 0.6) is 11.5 Å². The van der Waals surface area contributed by atoms with Crippen molar-refractivity contribution in [3.05, 3.63) is 146 Å². The standard InChI is InChI=1S/C40H28N5O.Pt/c1-26(2)27-20-21-41-39(22-27)45-36-16-7-3-12-31(36)32-19-18-30(24-38(32)45)46-29-11-9-10-28(23-29)43-25-44-37-17-8-5-14-34(37)42-40(44)33-13-4-6-15-35(33)43;/h3-22,25-26H,1-2H3;/q-3;. The fourth-order valence-electron chi connectivity index (χ4n) is 6.44. The van der Waals surface area contributed by atoms with Gasteiger partial charge in [-0.15, -0.1) is 35.7 Å². The molecule has 3 aromatic heterocycles. The summed E-state index contributed by atoms with van der Waals surface area (Å²) in [6.45, 7) is 6.48. The van der Waals surface area contributed by atoms with Gasteiger partial charge in [0.1, 0.15) is 5.82 Å². The number of hydrogen-bond acceptors (Lipinski definition) is 4. The topological polar surface area (TPSA) is 48.1 Å². The van der Waals surface area contributed by atoms with Crippen molar-refractivity contribution < 1.29 is 25.8 Å². The second kappa shape index (κ2) is 11.5. The molecule has 0 unspecified atom stereocenters. The number of rotatable bonds is 5. The molecular weight excluding hydrogens is 762 g/mol. The van der Waals surface area contributed by atoms with Gasteiger partial charge in [-0.2, -0.15) is 12.1 Å². The number of hydrogen-bond donors (Lipinski definition) is 0. The van der Waals surface area contributed by atoms with E-state index in [1.54, 1.807) is 0 Å². The Balaban J connectivity index is 0.00000324. The number of ether oxygens (including phenoxy) is 1. The first kappa shape index (κ1) is 29.1. The fraction of sp³-hybridized carbons (Fsp3) is 0.0750. The number of aromatic nitrogens is 4. The minimum Gasteiger partial charge on any atom is -0.509 e. The van der Waals surface area contributed by atoms with Crippen LogP contribution in [-0.2, 0) is 21.1 Å². The molecule has 8 aromatic rings. The minimum absolute atomic E-state index is 0. The van der Waals surface area contributed by atoms with Gasteiger partial charge in [0, 0.05) is 61.3 Å². The molecule has 0 amide bonds. The second-order valence-corrected chi connectivity index (χ2v) is 11.8. The summed E-state index contributed by atoms with van der Waals surface area (Å²) in [6.07, 6.45) is 1.89. The van der Waals surface area contributed by atoms with Crippen molar-refractivity contribution in [2.45, 2.75) is 19.8 Å². The molecule has 1 aliphatic heterocycles. The third-order valence-electron chi connectivity index (χ3n) is 8.69. The van der Waals surface area contributed by atoms with E-state index in [1.807, 2.05) is 54.7 Å². The number of nitrogens with zero attached hydrogens (tertiary/aromatic N) is 5. The molecule has 0 N–H and O–H groups in total. The van der Waals surface area contributed by atoms with E-state index in [1.165, 1.54) is 5.56 Å². The van der Waals surface area contributed by atoms with E-state index in [-0.39, 0.29) is 21.1 Å². The molecule has 9 rings (SSSR count). The van der Waals surface area contributed by atoms with Gasteiger partial charge in [0.15, 0.2) is 0 Å². The Morgan fingerprint density at radius 1 is 0.745 bits per heavy atom. The number of pyridine rings is 1. The molecule has 232 valence electrons.